The lowest BCUT2D eigenvalue weighted by molar-refractivity contribution is 0.502. The fraction of sp³-hybridized carbons (Fsp3) is 0.143. The fourth-order valence-electron chi connectivity index (χ4n) is 1.95. The summed E-state index contributed by atoms with van der Waals surface area (Å²) < 4.78 is 39.6. The molecule has 2 rings (SSSR count). The lowest BCUT2D eigenvalue weighted by Crippen LogP contribution is -2.30. The number of hydrazine groups is 1. The van der Waals surface area contributed by atoms with Crippen molar-refractivity contribution in [2.24, 2.45) is 5.84 Å². The molecule has 0 saturated heterocycles. The van der Waals surface area contributed by atoms with E-state index in [1.165, 1.54) is 24.3 Å². The van der Waals surface area contributed by atoms with Gasteiger partial charge in [-0.2, -0.15) is 0 Å². The van der Waals surface area contributed by atoms with Crippen LogP contribution in [0.4, 0.5) is 13.2 Å². The Kier molecular flexibility index (Phi) is 4.65. The van der Waals surface area contributed by atoms with Gasteiger partial charge in [-0.1, -0.05) is 23.7 Å². The van der Waals surface area contributed by atoms with Crippen LogP contribution in [0.5, 0.6) is 0 Å². The smallest absolute Gasteiger partial charge is 0.130 e. The van der Waals surface area contributed by atoms with E-state index in [1.54, 1.807) is 0 Å². The van der Waals surface area contributed by atoms with Gasteiger partial charge in [0, 0.05) is 16.7 Å². The molecule has 1 atom stereocenters. The molecule has 0 radical (unpaired) electrons. The first-order valence-electron chi connectivity index (χ1n) is 5.86. The molecular formula is C14H12ClF3N2. The van der Waals surface area contributed by atoms with Crippen LogP contribution in [0.25, 0.3) is 0 Å². The Bertz CT molecular complexity index is 619. The molecule has 2 aromatic rings. The van der Waals surface area contributed by atoms with Crippen molar-refractivity contribution in [2.75, 3.05) is 0 Å². The molecule has 3 N–H and O–H groups in total. The van der Waals surface area contributed by atoms with Crippen LogP contribution in [-0.4, -0.2) is 0 Å². The number of nitrogens with two attached hydrogens (primary N) is 1. The quantitative estimate of drug-likeness (QED) is 0.670. The van der Waals surface area contributed by atoms with Crippen molar-refractivity contribution < 1.29 is 13.2 Å². The van der Waals surface area contributed by atoms with Gasteiger partial charge in [0.1, 0.15) is 17.5 Å². The van der Waals surface area contributed by atoms with Crippen LogP contribution in [0.3, 0.4) is 0 Å². The fourth-order valence-corrected chi connectivity index (χ4v) is 2.19. The molecule has 0 bridgehead atoms. The first kappa shape index (κ1) is 14.8. The van der Waals surface area contributed by atoms with E-state index in [0.717, 1.165) is 12.1 Å². The summed E-state index contributed by atoms with van der Waals surface area (Å²) in [5.41, 5.74) is 3.28. The van der Waals surface area contributed by atoms with Crippen molar-refractivity contribution in [1.29, 1.82) is 0 Å². The summed E-state index contributed by atoms with van der Waals surface area (Å²) in [6.45, 7) is 0. The molecule has 106 valence electrons. The zero-order valence-electron chi connectivity index (χ0n) is 10.3. The van der Waals surface area contributed by atoms with E-state index in [0.29, 0.717) is 5.56 Å². The van der Waals surface area contributed by atoms with E-state index in [4.69, 9.17) is 17.4 Å². The van der Waals surface area contributed by atoms with Crippen LogP contribution in [0.1, 0.15) is 17.2 Å². The number of halogens is 4. The average Bonchev–Trinajstić information content (AvgIpc) is 2.39. The second kappa shape index (κ2) is 6.26. The van der Waals surface area contributed by atoms with Crippen molar-refractivity contribution in [3.05, 3.63) is 70.0 Å². The van der Waals surface area contributed by atoms with Gasteiger partial charge in [0.25, 0.3) is 0 Å². The van der Waals surface area contributed by atoms with Crippen molar-refractivity contribution in [1.82, 2.24) is 5.43 Å². The molecule has 0 heterocycles. The molecule has 0 amide bonds. The largest absolute Gasteiger partial charge is 0.271 e. The van der Waals surface area contributed by atoms with Gasteiger partial charge in [0.05, 0.1) is 6.04 Å². The molecule has 0 fully saturated rings. The van der Waals surface area contributed by atoms with Crippen LogP contribution >= 0.6 is 11.6 Å². The Morgan fingerprint density at radius 2 is 1.70 bits per heavy atom. The third-order valence-electron chi connectivity index (χ3n) is 2.98. The number of benzene rings is 2. The third kappa shape index (κ3) is 3.30. The summed E-state index contributed by atoms with van der Waals surface area (Å²) >= 11 is 5.92. The summed E-state index contributed by atoms with van der Waals surface area (Å²) in [5, 5.41) is 0.229. The van der Waals surface area contributed by atoms with Gasteiger partial charge in [-0.25, -0.2) is 13.2 Å². The van der Waals surface area contributed by atoms with Gasteiger partial charge in [0.2, 0.25) is 0 Å². The summed E-state index contributed by atoms with van der Waals surface area (Å²) in [5.74, 6) is 3.59. The van der Waals surface area contributed by atoms with Crippen molar-refractivity contribution in [3.63, 3.8) is 0 Å². The summed E-state index contributed by atoms with van der Waals surface area (Å²) in [6.07, 6.45) is 0.248. The highest BCUT2D eigenvalue weighted by molar-refractivity contribution is 6.31. The van der Waals surface area contributed by atoms with Gasteiger partial charge >= 0.3 is 0 Å². The molecule has 0 aromatic heterocycles. The third-order valence-corrected chi connectivity index (χ3v) is 3.33. The minimum absolute atomic E-state index is 0.217. The van der Waals surface area contributed by atoms with Gasteiger partial charge in [-0.05, 0) is 30.2 Å². The standard InChI is InChI=1S/C14H12ClF3N2/c15-12-6-9(16)2-1-8(12)5-14(20-19)11-4-3-10(17)7-13(11)18/h1-4,6-7,14,20H,5,19H2. The Morgan fingerprint density at radius 1 is 1.05 bits per heavy atom. The minimum Gasteiger partial charge on any atom is -0.271 e. The molecule has 0 saturated carbocycles. The molecule has 6 heteroatoms. The maximum absolute atomic E-state index is 13.7. The molecule has 0 aliphatic carbocycles. The average molecular weight is 301 g/mol. The molecule has 0 aliphatic heterocycles. The number of hydrogen-bond donors (Lipinski definition) is 2. The Morgan fingerprint density at radius 3 is 2.30 bits per heavy atom. The van der Waals surface area contributed by atoms with Crippen LogP contribution in [-0.2, 0) is 6.42 Å². The Labute approximate surface area is 119 Å². The molecule has 0 spiro atoms. The van der Waals surface area contributed by atoms with E-state index in [1.807, 2.05) is 0 Å². The number of hydrogen-bond acceptors (Lipinski definition) is 2. The zero-order chi connectivity index (χ0) is 14.7. The summed E-state index contributed by atoms with van der Waals surface area (Å²) in [7, 11) is 0. The van der Waals surface area contributed by atoms with E-state index in [9.17, 15) is 13.2 Å². The number of rotatable bonds is 4. The highest BCUT2D eigenvalue weighted by Gasteiger charge is 2.17. The van der Waals surface area contributed by atoms with Gasteiger partial charge in [-0.3, -0.25) is 11.3 Å². The molecule has 1 unspecified atom stereocenters. The first-order valence-corrected chi connectivity index (χ1v) is 6.24. The summed E-state index contributed by atoms with van der Waals surface area (Å²) in [4.78, 5) is 0. The lowest BCUT2D eigenvalue weighted by Gasteiger charge is -2.18. The van der Waals surface area contributed by atoms with E-state index in [2.05, 4.69) is 5.43 Å². The monoisotopic (exact) mass is 300 g/mol. The van der Waals surface area contributed by atoms with Crippen LogP contribution in [0, 0.1) is 17.5 Å². The maximum atomic E-state index is 13.7. The Balaban J connectivity index is 2.28. The molecular weight excluding hydrogens is 289 g/mol. The van der Waals surface area contributed by atoms with Crippen molar-refractivity contribution in [3.8, 4) is 0 Å². The highest BCUT2D eigenvalue weighted by atomic mass is 35.5. The minimum atomic E-state index is -0.703. The predicted molar refractivity (Wildman–Crippen MR) is 71.5 cm³/mol. The first-order chi connectivity index (χ1) is 9.51. The van der Waals surface area contributed by atoms with Gasteiger partial charge in [0.15, 0.2) is 0 Å². The zero-order valence-corrected chi connectivity index (χ0v) is 11.1. The van der Waals surface area contributed by atoms with Crippen molar-refractivity contribution in [2.45, 2.75) is 12.5 Å². The summed E-state index contributed by atoms with van der Waals surface area (Å²) in [6, 6.07) is 6.58. The van der Waals surface area contributed by atoms with Gasteiger partial charge < -0.3 is 0 Å². The van der Waals surface area contributed by atoms with Gasteiger partial charge in [-0.15, -0.1) is 0 Å². The molecule has 2 nitrogen and oxygen atoms in total. The topological polar surface area (TPSA) is 38.0 Å². The van der Waals surface area contributed by atoms with Crippen LogP contribution in [0.15, 0.2) is 36.4 Å². The molecule has 20 heavy (non-hydrogen) atoms. The number of nitrogens with one attached hydrogen (secondary N) is 1. The maximum Gasteiger partial charge on any atom is 0.130 e. The second-order valence-electron chi connectivity index (χ2n) is 4.32. The highest BCUT2D eigenvalue weighted by Crippen LogP contribution is 2.25. The van der Waals surface area contributed by atoms with Crippen LogP contribution < -0.4 is 11.3 Å². The molecule has 0 aliphatic rings. The second-order valence-corrected chi connectivity index (χ2v) is 4.73. The normalized spacial score (nSPS) is 12.4. The van der Waals surface area contributed by atoms with E-state index >= 15 is 0 Å². The molecule has 2 aromatic carbocycles. The van der Waals surface area contributed by atoms with E-state index < -0.39 is 23.5 Å². The SMILES string of the molecule is NNC(Cc1ccc(F)cc1Cl)c1ccc(F)cc1F. The Hall–Kier alpha value is -1.56. The predicted octanol–water partition coefficient (Wildman–Crippen LogP) is 3.50. The van der Waals surface area contributed by atoms with Crippen LogP contribution in [0.2, 0.25) is 5.02 Å². The van der Waals surface area contributed by atoms with Crippen molar-refractivity contribution >= 4 is 11.6 Å². The van der Waals surface area contributed by atoms with E-state index in [-0.39, 0.29) is 17.0 Å². The lowest BCUT2D eigenvalue weighted by atomic mass is 9.99.